The molecule has 0 bridgehead atoms. The van der Waals surface area contributed by atoms with Crippen LogP contribution in [0.3, 0.4) is 0 Å². The Hall–Kier alpha value is -4.85. The lowest BCUT2D eigenvalue weighted by molar-refractivity contribution is 0.809. The summed E-state index contributed by atoms with van der Waals surface area (Å²) in [4.78, 5) is 12.6. The summed E-state index contributed by atoms with van der Waals surface area (Å²) >= 11 is 0. The Morgan fingerprint density at radius 1 is 0.676 bits per heavy atom. The van der Waals surface area contributed by atoms with Crippen LogP contribution in [0.4, 0.5) is 11.6 Å². The molecule has 0 atom stereocenters. The van der Waals surface area contributed by atoms with Crippen LogP contribution >= 0.6 is 0 Å². The van der Waals surface area contributed by atoms with Crippen LogP contribution in [0.25, 0.3) is 39.4 Å². The molecule has 2 N–H and O–H groups in total. The van der Waals surface area contributed by atoms with Gasteiger partial charge in [0.05, 0.1) is 17.1 Å². The summed E-state index contributed by atoms with van der Waals surface area (Å²) in [7, 11) is 0. The molecule has 0 aliphatic carbocycles. The molecular formula is C26H20N8. The summed E-state index contributed by atoms with van der Waals surface area (Å²) in [6, 6.07) is 30.1. The van der Waals surface area contributed by atoms with Crippen LogP contribution in [0, 0.1) is 6.92 Å². The van der Waals surface area contributed by atoms with E-state index in [1.807, 2.05) is 97.9 Å². The lowest BCUT2D eigenvalue weighted by Gasteiger charge is -2.02. The molecule has 0 amide bonds. The second-order valence-corrected chi connectivity index (χ2v) is 7.81. The average molecular weight is 445 g/mol. The van der Waals surface area contributed by atoms with Crippen molar-refractivity contribution in [1.29, 1.82) is 0 Å². The zero-order valence-electron chi connectivity index (χ0n) is 18.3. The van der Waals surface area contributed by atoms with Crippen LogP contribution in [0.15, 0.2) is 101 Å². The summed E-state index contributed by atoms with van der Waals surface area (Å²) < 4.78 is 1.62. The van der Waals surface area contributed by atoms with Crippen LogP contribution < -0.4 is 0 Å². The number of aryl methyl sites for hydroxylation is 1. The minimum Gasteiger partial charge on any atom is -0.320 e. The van der Waals surface area contributed by atoms with Crippen LogP contribution in [-0.2, 0) is 0 Å². The predicted octanol–water partition coefficient (Wildman–Crippen LogP) is 6.51. The average Bonchev–Trinajstić information content (AvgIpc) is 3.57. The highest BCUT2D eigenvalue weighted by atomic mass is 15.5. The quantitative estimate of drug-likeness (QED) is 0.297. The third-order valence-electron chi connectivity index (χ3n) is 5.49. The Morgan fingerprint density at radius 2 is 1.26 bits per heavy atom. The molecule has 0 aliphatic rings. The highest BCUT2D eigenvalue weighted by Crippen LogP contribution is 2.35. The first-order chi connectivity index (χ1) is 16.8. The number of benzene rings is 3. The molecule has 6 aromatic rings. The van der Waals surface area contributed by atoms with Crippen molar-refractivity contribution in [1.82, 2.24) is 29.8 Å². The normalized spacial score (nSPS) is 11.6. The Kier molecular flexibility index (Phi) is 4.81. The summed E-state index contributed by atoms with van der Waals surface area (Å²) in [6.07, 6.45) is 0. The first-order valence-electron chi connectivity index (χ1n) is 10.9. The molecule has 3 aromatic carbocycles. The van der Waals surface area contributed by atoms with Gasteiger partial charge in [-0.25, -0.2) is 9.97 Å². The molecule has 0 spiro atoms. The fraction of sp³-hybridized carbons (Fsp3) is 0.0385. The molecule has 3 heterocycles. The van der Waals surface area contributed by atoms with E-state index in [1.165, 1.54) is 0 Å². The number of aromatic amines is 2. The van der Waals surface area contributed by atoms with Crippen molar-refractivity contribution in [3.05, 3.63) is 96.8 Å². The minimum atomic E-state index is 0.410. The first kappa shape index (κ1) is 19.8. The Balaban J connectivity index is 1.47. The zero-order chi connectivity index (χ0) is 22.9. The van der Waals surface area contributed by atoms with E-state index >= 15 is 0 Å². The highest BCUT2D eigenvalue weighted by Gasteiger charge is 2.18. The van der Waals surface area contributed by atoms with Gasteiger partial charge in [-0.2, -0.15) is 4.63 Å². The van der Waals surface area contributed by atoms with Gasteiger partial charge in [-0.15, -0.1) is 15.3 Å². The van der Waals surface area contributed by atoms with E-state index in [9.17, 15) is 0 Å². The maximum Gasteiger partial charge on any atom is 0.247 e. The van der Waals surface area contributed by atoms with Gasteiger partial charge < -0.3 is 4.98 Å². The molecule has 6 rings (SSSR count). The maximum absolute atomic E-state index is 4.77. The second-order valence-electron chi connectivity index (χ2n) is 7.81. The largest absolute Gasteiger partial charge is 0.320 e. The van der Waals surface area contributed by atoms with E-state index in [1.54, 1.807) is 4.63 Å². The van der Waals surface area contributed by atoms with Gasteiger partial charge in [-0.3, -0.25) is 5.10 Å². The number of fused-ring (bicyclic) bond motifs is 1. The van der Waals surface area contributed by atoms with Crippen LogP contribution in [-0.4, -0.2) is 29.8 Å². The van der Waals surface area contributed by atoms with Gasteiger partial charge in [0.2, 0.25) is 11.6 Å². The van der Waals surface area contributed by atoms with Gasteiger partial charge in [0.15, 0.2) is 5.69 Å². The molecule has 3 aromatic heterocycles. The van der Waals surface area contributed by atoms with Gasteiger partial charge in [-0.1, -0.05) is 91.0 Å². The summed E-state index contributed by atoms with van der Waals surface area (Å²) in [6.45, 7) is 1.84. The summed E-state index contributed by atoms with van der Waals surface area (Å²) in [5.74, 6) is 1.06. The molecule has 0 radical (unpaired) electrons. The van der Waals surface area contributed by atoms with Crippen molar-refractivity contribution >= 4 is 17.3 Å². The molecule has 0 aliphatic heterocycles. The van der Waals surface area contributed by atoms with Crippen LogP contribution in [0.1, 0.15) is 5.82 Å². The number of hydrogen-bond donors (Lipinski definition) is 2. The summed E-state index contributed by atoms with van der Waals surface area (Å²) in [5.41, 5.74) is 6.71. The third kappa shape index (κ3) is 3.57. The predicted molar refractivity (Wildman–Crippen MR) is 131 cm³/mol. The molecule has 0 fully saturated rings. The summed E-state index contributed by atoms with van der Waals surface area (Å²) in [5, 5.41) is 16.7. The monoisotopic (exact) mass is 444 g/mol. The molecular weight excluding hydrogens is 424 g/mol. The fourth-order valence-electron chi connectivity index (χ4n) is 3.94. The molecule has 0 saturated carbocycles. The maximum atomic E-state index is 4.77. The van der Waals surface area contributed by atoms with Gasteiger partial charge >= 0.3 is 0 Å². The molecule has 8 heteroatoms. The smallest absolute Gasteiger partial charge is 0.247 e. The number of hydrogen-bond acceptors (Lipinski definition) is 5. The van der Waals surface area contributed by atoms with Crippen molar-refractivity contribution < 1.29 is 0 Å². The SMILES string of the molecule is Cc1nc2c(N=Nc3nc(-c4ccccc4)c(-c4ccccc4)[nH]3)c(-c3ccccc3)[nH]n2n1. The van der Waals surface area contributed by atoms with E-state index in [4.69, 9.17) is 4.98 Å². The number of imidazole rings is 1. The third-order valence-corrected chi connectivity index (χ3v) is 5.49. The van der Waals surface area contributed by atoms with Crippen LogP contribution in [0.5, 0.6) is 0 Å². The van der Waals surface area contributed by atoms with Gasteiger partial charge in [-0.05, 0) is 6.92 Å². The van der Waals surface area contributed by atoms with E-state index in [0.29, 0.717) is 23.1 Å². The standard InChI is InChI=1S/C26H20N8/c1-17-27-25-24(23(33-34(25)32-17)20-15-9-4-10-16-20)30-31-26-28-21(18-11-5-2-6-12-18)22(29-26)19-13-7-3-8-14-19/h2-16,33H,1H3,(H,28,29). The molecule has 8 nitrogen and oxygen atoms in total. The Labute approximate surface area is 195 Å². The highest BCUT2D eigenvalue weighted by molar-refractivity contribution is 5.82. The van der Waals surface area contributed by atoms with Crippen molar-refractivity contribution in [2.75, 3.05) is 0 Å². The topological polar surface area (TPSA) is 99.4 Å². The number of aromatic nitrogens is 6. The molecule has 0 unspecified atom stereocenters. The fourth-order valence-corrected chi connectivity index (χ4v) is 3.94. The van der Waals surface area contributed by atoms with Gasteiger partial charge in [0, 0.05) is 16.7 Å². The van der Waals surface area contributed by atoms with Crippen molar-refractivity contribution in [2.24, 2.45) is 10.2 Å². The van der Waals surface area contributed by atoms with Crippen molar-refractivity contribution in [2.45, 2.75) is 6.92 Å². The number of H-pyrrole nitrogens is 2. The molecule has 34 heavy (non-hydrogen) atoms. The zero-order valence-corrected chi connectivity index (χ0v) is 18.3. The van der Waals surface area contributed by atoms with Gasteiger partial charge in [0.1, 0.15) is 5.82 Å². The second kappa shape index (κ2) is 8.25. The van der Waals surface area contributed by atoms with E-state index < -0.39 is 0 Å². The Bertz CT molecular complexity index is 1540. The van der Waals surface area contributed by atoms with E-state index in [0.717, 1.165) is 33.8 Å². The van der Waals surface area contributed by atoms with Crippen molar-refractivity contribution in [3.8, 4) is 33.8 Å². The van der Waals surface area contributed by atoms with Crippen molar-refractivity contribution in [3.63, 3.8) is 0 Å². The molecule has 0 saturated heterocycles. The lowest BCUT2D eigenvalue weighted by atomic mass is 10.1. The number of rotatable bonds is 5. The number of nitrogens with one attached hydrogen (secondary N) is 2. The Morgan fingerprint density at radius 3 is 1.91 bits per heavy atom. The lowest BCUT2D eigenvalue weighted by Crippen LogP contribution is -1.87. The van der Waals surface area contributed by atoms with Crippen LogP contribution in [0.2, 0.25) is 0 Å². The first-order valence-corrected chi connectivity index (χ1v) is 10.9. The number of nitrogens with zero attached hydrogens (tertiary/aromatic N) is 6. The minimum absolute atomic E-state index is 0.410. The van der Waals surface area contributed by atoms with E-state index in [-0.39, 0.29) is 0 Å². The van der Waals surface area contributed by atoms with Gasteiger partial charge in [0.25, 0.3) is 0 Å². The van der Waals surface area contributed by atoms with E-state index in [2.05, 4.69) is 30.4 Å². The molecule has 164 valence electrons. The number of azo groups is 1.